The van der Waals surface area contributed by atoms with Crippen LogP contribution in [0.1, 0.15) is 21.5 Å². The number of carbonyl (C=O) groups is 1. The highest BCUT2D eigenvalue weighted by molar-refractivity contribution is 7.19. The van der Waals surface area contributed by atoms with Crippen LogP contribution in [0.2, 0.25) is 0 Å². The van der Waals surface area contributed by atoms with E-state index in [1.807, 2.05) is 19.1 Å². The van der Waals surface area contributed by atoms with Gasteiger partial charge in [-0.25, -0.2) is 14.4 Å². The van der Waals surface area contributed by atoms with E-state index in [9.17, 15) is 9.18 Å². The Morgan fingerprint density at radius 1 is 1.14 bits per heavy atom. The lowest BCUT2D eigenvalue weighted by molar-refractivity contribution is 0.102. The third kappa shape index (κ3) is 3.44. The summed E-state index contributed by atoms with van der Waals surface area (Å²) < 4.78 is 19.3. The zero-order chi connectivity index (χ0) is 19.7. The number of nitrogens with one attached hydrogen (secondary N) is 1. The third-order valence-electron chi connectivity index (χ3n) is 4.28. The molecule has 1 amide bonds. The molecule has 0 aliphatic carbocycles. The van der Waals surface area contributed by atoms with Gasteiger partial charge in [0.1, 0.15) is 17.9 Å². The molecule has 0 bridgehead atoms. The number of oxazole rings is 1. The van der Waals surface area contributed by atoms with Gasteiger partial charge in [-0.15, -0.1) is 11.3 Å². The summed E-state index contributed by atoms with van der Waals surface area (Å²) in [7, 11) is 0. The number of hydrogen-bond donors (Lipinski definition) is 1. The maximum Gasteiger partial charge on any atom is 0.260 e. The molecule has 0 radical (unpaired) electrons. The first-order valence-corrected chi connectivity index (χ1v) is 9.38. The largest absolute Gasteiger partial charge is 0.444 e. The number of benzene rings is 1. The minimum atomic E-state index is -0.553. The SMILES string of the molecule is Cc1cc(-c2ncco2)sc1-c1ccc(NC(=O)c2c(C)cccc2F)nc1. The molecule has 4 rings (SSSR count). The first kappa shape index (κ1) is 18.1. The number of halogens is 1. The predicted molar refractivity (Wildman–Crippen MR) is 107 cm³/mol. The Kier molecular flexibility index (Phi) is 4.75. The van der Waals surface area contributed by atoms with Crippen molar-refractivity contribution in [1.29, 1.82) is 0 Å². The molecular weight excluding hydrogens is 377 g/mol. The Labute approximate surface area is 164 Å². The molecule has 0 unspecified atom stereocenters. The molecule has 0 saturated carbocycles. The van der Waals surface area contributed by atoms with Gasteiger partial charge >= 0.3 is 0 Å². The molecule has 3 heterocycles. The number of carbonyl (C=O) groups excluding carboxylic acids is 1. The van der Waals surface area contributed by atoms with E-state index in [0.29, 0.717) is 17.3 Å². The lowest BCUT2D eigenvalue weighted by Crippen LogP contribution is -2.16. The Balaban J connectivity index is 1.56. The fraction of sp³-hybridized carbons (Fsp3) is 0.0952. The van der Waals surface area contributed by atoms with Crippen molar-refractivity contribution in [3.05, 3.63) is 77.6 Å². The Morgan fingerprint density at radius 2 is 2.00 bits per heavy atom. The average Bonchev–Trinajstić information content (AvgIpc) is 3.32. The molecule has 0 spiro atoms. The standard InChI is InChI=1S/C21H16FN3O2S/c1-12-4-3-5-15(22)18(12)20(26)25-17-7-6-14(11-24-17)19-13(2)10-16(28-19)21-23-8-9-27-21/h3-11H,1-2H3,(H,24,25,26). The fourth-order valence-corrected chi connectivity index (χ4v) is 4.02. The van der Waals surface area contributed by atoms with Crippen molar-refractivity contribution in [2.45, 2.75) is 13.8 Å². The van der Waals surface area contributed by atoms with E-state index in [1.165, 1.54) is 6.07 Å². The first-order valence-electron chi connectivity index (χ1n) is 8.56. The second-order valence-corrected chi connectivity index (χ2v) is 7.33. The predicted octanol–water partition coefficient (Wildman–Crippen LogP) is 5.47. The molecule has 7 heteroatoms. The lowest BCUT2D eigenvalue weighted by atomic mass is 10.1. The molecule has 4 aromatic rings. The van der Waals surface area contributed by atoms with E-state index >= 15 is 0 Å². The Hall–Kier alpha value is -3.32. The van der Waals surface area contributed by atoms with Crippen molar-refractivity contribution < 1.29 is 13.6 Å². The number of thiophene rings is 1. The number of hydrogen-bond acceptors (Lipinski definition) is 5. The lowest BCUT2D eigenvalue weighted by Gasteiger charge is -2.08. The number of rotatable bonds is 4. The van der Waals surface area contributed by atoms with Crippen LogP contribution in [0.4, 0.5) is 10.2 Å². The molecule has 140 valence electrons. The maximum absolute atomic E-state index is 14.0. The highest BCUT2D eigenvalue weighted by Crippen LogP contribution is 2.37. The van der Waals surface area contributed by atoms with Gasteiger partial charge in [0.05, 0.1) is 16.6 Å². The number of amides is 1. The minimum absolute atomic E-state index is 0.0260. The average molecular weight is 393 g/mol. The summed E-state index contributed by atoms with van der Waals surface area (Å²) >= 11 is 1.56. The van der Waals surface area contributed by atoms with Crippen LogP contribution in [-0.4, -0.2) is 15.9 Å². The maximum atomic E-state index is 14.0. The highest BCUT2D eigenvalue weighted by atomic mass is 32.1. The summed E-state index contributed by atoms with van der Waals surface area (Å²) in [5.74, 6) is -0.133. The van der Waals surface area contributed by atoms with Crippen LogP contribution < -0.4 is 5.32 Å². The molecular formula is C21H16FN3O2S. The van der Waals surface area contributed by atoms with Crippen LogP contribution >= 0.6 is 11.3 Å². The van der Waals surface area contributed by atoms with Crippen molar-refractivity contribution >= 4 is 23.1 Å². The zero-order valence-electron chi connectivity index (χ0n) is 15.2. The van der Waals surface area contributed by atoms with Crippen molar-refractivity contribution in [3.8, 4) is 21.2 Å². The van der Waals surface area contributed by atoms with Crippen molar-refractivity contribution in [3.63, 3.8) is 0 Å². The topological polar surface area (TPSA) is 68.0 Å². The summed E-state index contributed by atoms with van der Waals surface area (Å²) in [6.07, 6.45) is 4.84. The van der Waals surface area contributed by atoms with Gasteiger partial charge in [0.25, 0.3) is 5.91 Å². The van der Waals surface area contributed by atoms with Gasteiger partial charge in [0.2, 0.25) is 5.89 Å². The third-order valence-corrected chi connectivity index (χ3v) is 5.55. The van der Waals surface area contributed by atoms with Gasteiger partial charge in [-0.05, 0) is 49.2 Å². The number of aromatic nitrogens is 2. The summed E-state index contributed by atoms with van der Waals surface area (Å²) in [6.45, 7) is 3.70. The second-order valence-electron chi connectivity index (χ2n) is 6.28. The van der Waals surface area contributed by atoms with Gasteiger partial charge in [-0.3, -0.25) is 4.79 Å². The zero-order valence-corrected chi connectivity index (χ0v) is 16.0. The second kappa shape index (κ2) is 7.36. The van der Waals surface area contributed by atoms with Crippen LogP contribution in [0.25, 0.3) is 21.2 Å². The van der Waals surface area contributed by atoms with Gasteiger partial charge in [-0.2, -0.15) is 0 Å². The van der Waals surface area contributed by atoms with E-state index in [1.54, 1.807) is 55.1 Å². The van der Waals surface area contributed by atoms with Crippen molar-refractivity contribution in [1.82, 2.24) is 9.97 Å². The smallest absolute Gasteiger partial charge is 0.260 e. The molecule has 0 fully saturated rings. The van der Waals surface area contributed by atoms with E-state index in [2.05, 4.69) is 15.3 Å². The van der Waals surface area contributed by atoms with Gasteiger partial charge < -0.3 is 9.73 Å². The molecule has 0 aliphatic rings. The van der Waals surface area contributed by atoms with E-state index in [0.717, 1.165) is 20.9 Å². The summed E-state index contributed by atoms with van der Waals surface area (Å²) in [5.41, 5.74) is 2.60. The Bertz CT molecular complexity index is 1110. The molecule has 1 aromatic carbocycles. The van der Waals surface area contributed by atoms with Gasteiger partial charge in [0, 0.05) is 16.6 Å². The van der Waals surface area contributed by atoms with Crippen molar-refractivity contribution in [2.75, 3.05) is 5.32 Å². The molecule has 0 atom stereocenters. The number of aryl methyl sites for hydroxylation is 2. The summed E-state index contributed by atoms with van der Waals surface area (Å²) in [5, 5.41) is 2.65. The molecule has 28 heavy (non-hydrogen) atoms. The number of nitrogens with zero attached hydrogens (tertiary/aromatic N) is 2. The van der Waals surface area contributed by atoms with E-state index in [4.69, 9.17) is 4.42 Å². The van der Waals surface area contributed by atoms with Crippen LogP contribution in [0.5, 0.6) is 0 Å². The molecule has 5 nitrogen and oxygen atoms in total. The van der Waals surface area contributed by atoms with Crippen LogP contribution in [0.15, 0.2) is 59.5 Å². The van der Waals surface area contributed by atoms with Crippen LogP contribution in [0.3, 0.4) is 0 Å². The molecule has 1 N–H and O–H groups in total. The number of anilines is 1. The fourth-order valence-electron chi connectivity index (χ4n) is 2.92. The van der Waals surface area contributed by atoms with Crippen LogP contribution in [0, 0.1) is 19.7 Å². The van der Waals surface area contributed by atoms with E-state index in [-0.39, 0.29) is 5.56 Å². The van der Waals surface area contributed by atoms with E-state index < -0.39 is 11.7 Å². The highest BCUT2D eigenvalue weighted by Gasteiger charge is 2.16. The van der Waals surface area contributed by atoms with Gasteiger partial charge in [0.15, 0.2) is 0 Å². The summed E-state index contributed by atoms with van der Waals surface area (Å²) in [6, 6.07) is 10.1. The normalized spacial score (nSPS) is 10.8. The van der Waals surface area contributed by atoms with Crippen LogP contribution in [-0.2, 0) is 0 Å². The summed E-state index contributed by atoms with van der Waals surface area (Å²) in [4.78, 5) is 22.9. The first-order chi connectivity index (χ1) is 13.5. The number of pyridine rings is 1. The minimum Gasteiger partial charge on any atom is -0.444 e. The van der Waals surface area contributed by atoms with Gasteiger partial charge in [-0.1, -0.05) is 12.1 Å². The molecule has 0 aliphatic heterocycles. The monoisotopic (exact) mass is 393 g/mol. The Morgan fingerprint density at radius 3 is 2.68 bits per heavy atom. The molecule has 3 aromatic heterocycles. The quantitative estimate of drug-likeness (QED) is 0.499. The molecule has 0 saturated heterocycles. The van der Waals surface area contributed by atoms with Crippen molar-refractivity contribution in [2.24, 2.45) is 0 Å².